The number of benzene rings is 3. The van der Waals surface area contributed by atoms with Crippen LogP contribution < -0.4 is 0 Å². The molecular formula is C32H36O8. The highest BCUT2D eigenvalue weighted by molar-refractivity contribution is 5.66. The molecule has 0 amide bonds. The minimum atomic E-state index is -0.883. The zero-order chi connectivity index (χ0) is 28.2. The molecule has 5 atom stereocenters. The fourth-order valence-corrected chi connectivity index (χ4v) is 4.58. The predicted octanol–water partition coefficient (Wildman–Crippen LogP) is 4.64. The van der Waals surface area contributed by atoms with E-state index in [-0.39, 0.29) is 26.4 Å². The fourth-order valence-electron chi connectivity index (χ4n) is 4.58. The quantitative estimate of drug-likeness (QED) is 0.286. The van der Waals surface area contributed by atoms with E-state index in [9.17, 15) is 9.59 Å². The van der Waals surface area contributed by atoms with Gasteiger partial charge in [0.2, 0.25) is 0 Å². The third kappa shape index (κ3) is 8.99. The molecule has 0 unspecified atom stereocenters. The molecule has 0 aliphatic carbocycles. The normalized spacial score (nSPS) is 22.4. The summed E-state index contributed by atoms with van der Waals surface area (Å²) in [6, 6.07) is 29.3. The summed E-state index contributed by atoms with van der Waals surface area (Å²) in [5.74, 6) is -0.971. The Labute approximate surface area is 235 Å². The van der Waals surface area contributed by atoms with Gasteiger partial charge in [0.25, 0.3) is 0 Å². The van der Waals surface area contributed by atoms with Crippen LogP contribution in [0.3, 0.4) is 0 Å². The first kappa shape index (κ1) is 29.4. The lowest BCUT2D eigenvalue weighted by Crippen LogP contribution is -2.62. The highest BCUT2D eigenvalue weighted by atomic mass is 16.6. The maximum Gasteiger partial charge on any atom is 0.303 e. The summed E-state index contributed by atoms with van der Waals surface area (Å²) in [6.45, 7) is 3.64. The van der Waals surface area contributed by atoms with Crippen LogP contribution in [0.4, 0.5) is 0 Å². The molecular weight excluding hydrogens is 512 g/mol. The molecule has 1 aliphatic heterocycles. The maximum atomic E-state index is 12.2. The highest BCUT2D eigenvalue weighted by Gasteiger charge is 2.49. The Morgan fingerprint density at radius 3 is 1.57 bits per heavy atom. The van der Waals surface area contributed by atoms with E-state index in [4.69, 9.17) is 28.4 Å². The van der Waals surface area contributed by atoms with Gasteiger partial charge in [-0.05, 0) is 16.7 Å². The lowest BCUT2D eigenvalue weighted by molar-refractivity contribution is -0.271. The van der Waals surface area contributed by atoms with Crippen LogP contribution in [0.5, 0.6) is 0 Å². The number of hydrogen-bond donors (Lipinski definition) is 0. The van der Waals surface area contributed by atoms with Crippen LogP contribution in [0.25, 0.3) is 0 Å². The first-order chi connectivity index (χ1) is 19.5. The van der Waals surface area contributed by atoms with Crippen molar-refractivity contribution in [3.05, 3.63) is 108 Å². The summed E-state index contributed by atoms with van der Waals surface area (Å²) < 4.78 is 36.4. The topological polar surface area (TPSA) is 89.5 Å². The van der Waals surface area contributed by atoms with Crippen molar-refractivity contribution >= 4 is 11.9 Å². The van der Waals surface area contributed by atoms with Crippen LogP contribution in [0.15, 0.2) is 91.0 Å². The van der Waals surface area contributed by atoms with E-state index in [0.29, 0.717) is 6.61 Å². The largest absolute Gasteiger partial charge is 0.463 e. The first-order valence-corrected chi connectivity index (χ1v) is 13.4. The van der Waals surface area contributed by atoms with Gasteiger partial charge >= 0.3 is 11.9 Å². The Morgan fingerprint density at radius 2 is 1.07 bits per heavy atom. The van der Waals surface area contributed by atoms with Crippen molar-refractivity contribution in [2.45, 2.75) is 64.2 Å². The molecule has 0 bridgehead atoms. The molecule has 212 valence electrons. The predicted molar refractivity (Wildman–Crippen MR) is 147 cm³/mol. The zero-order valence-electron chi connectivity index (χ0n) is 22.8. The Morgan fingerprint density at radius 1 is 0.600 bits per heavy atom. The molecule has 0 radical (unpaired) electrons. The molecule has 1 aliphatic rings. The van der Waals surface area contributed by atoms with E-state index in [1.165, 1.54) is 13.8 Å². The minimum Gasteiger partial charge on any atom is -0.463 e. The number of ether oxygens (including phenoxy) is 6. The Kier molecular flexibility index (Phi) is 11.2. The monoisotopic (exact) mass is 548 g/mol. The number of rotatable bonds is 13. The minimum absolute atomic E-state index is 0.112. The summed E-state index contributed by atoms with van der Waals surface area (Å²) in [5.41, 5.74) is 2.94. The van der Waals surface area contributed by atoms with Gasteiger partial charge in [0, 0.05) is 13.8 Å². The summed E-state index contributed by atoms with van der Waals surface area (Å²) in [6.07, 6.45) is -3.65. The molecule has 1 heterocycles. The lowest BCUT2D eigenvalue weighted by Gasteiger charge is -2.45. The number of carbonyl (C=O) groups is 2. The van der Waals surface area contributed by atoms with Crippen molar-refractivity contribution in [2.75, 3.05) is 13.2 Å². The second-order valence-corrected chi connectivity index (χ2v) is 9.61. The molecule has 0 aromatic heterocycles. The molecule has 3 aromatic rings. The summed E-state index contributed by atoms with van der Waals surface area (Å²) >= 11 is 0. The molecule has 0 spiro atoms. The van der Waals surface area contributed by atoms with E-state index in [1.807, 2.05) is 91.0 Å². The van der Waals surface area contributed by atoms with Crippen LogP contribution in [-0.2, 0) is 57.8 Å². The van der Waals surface area contributed by atoms with Gasteiger partial charge in [-0.25, -0.2) is 0 Å². The standard InChI is InChI=1S/C32H36O8/c1-23(33)36-22-29-31(39-24(2)34)32(38-20-27-16-10-5-11-17-27)30(37-19-26-14-8-4-9-15-26)28(40-29)21-35-18-25-12-6-3-7-13-25/h3-17,28-32H,18-22H2,1-2H3/t28-,29+,30-,31+,32+/m1/s1. The number of carbonyl (C=O) groups excluding carboxylic acids is 2. The van der Waals surface area contributed by atoms with Crippen molar-refractivity contribution < 1.29 is 38.0 Å². The Bertz CT molecular complexity index is 1170. The summed E-state index contributed by atoms with van der Waals surface area (Å²) in [7, 11) is 0. The second kappa shape index (κ2) is 15.3. The Hall–Kier alpha value is -3.56. The number of hydrogen-bond acceptors (Lipinski definition) is 8. The second-order valence-electron chi connectivity index (χ2n) is 9.61. The van der Waals surface area contributed by atoms with Crippen molar-refractivity contribution in [3.8, 4) is 0 Å². The average molecular weight is 549 g/mol. The average Bonchev–Trinajstić information content (AvgIpc) is 2.96. The van der Waals surface area contributed by atoms with Crippen LogP contribution in [0.2, 0.25) is 0 Å². The van der Waals surface area contributed by atoms with Gasteiger partial charge in [-0.1, -0.05) is 91.0 Å². The fraction of sp³-hybridized carbons (Fsp3) is 0.375. The molecule has 1 saturated heterocycles. The van der Waals surface area contributed by atoms with E-state index in [2.05, 4.69) is 0 Å². The van der Waals surface area contributed by atoms with Crippen LogP contribution >= 0.6 is 0 Å². The smallest absolute Gasteiger partial charge is 0.303 e. The van der Waals surface area contributed by atoms with Crippen LogP contribution in [0.1, 0.15) is 30.5 Å². The van der Waals surface area contributed by atoms with E-state index in [1.54, 1.807) is 0 Å². The Balaban J connectivity index is 1.60. The van der Waals surface area contributed by atoms with Gasteiger partial charge in [0.15, 0.2) is 6.10 Å². The van der Waals surface area contributed by atoms with Crippen LogP contribution in [0, 0.1) is 0 Å². The summed E-state index contributed by atoms with van der Waals surface area (Å²) in [4.78, 5) is 23.9. The molecule has 1 fully saturated rings. The molecule has 0 N–H and O–H groups in total. The van der Waals surface area contributed by atoms with E-state index < -0.39 is 42.5 Å². The van der Waals surface area contributed by atoms with Gasteiger partial charge in [0.1, 0.15) is 31.0 Å². The van der Waals surface area contributed by atoms with Gasteiger partial charge in [-0.3, -0.25) is 9.59 Å². The molecule has 40 heavy (non-hydrogen) atoms. The van der Waals surface area contributed by atoms with Gasteiger partial charge in [-0.2, -0.15) is 0 Å². The third-order valence-corrected chi connectivity index (χ3v) is 6.45. The lowest BCUT2D eigenvalue weighted by atomic mass is 9.94. The zero-order valence-corrected chi connectivity index (χ0v) is 22.8. The van der Waals surface area contributed by atoms with Gasteiger partial charge in [-0.15, -0.1) is 0 Å². The first-order valence-electron chi connectivity index (χ1n) is 13.4. The van der Waals surface area contributed by atoms with E-state index in [0.717, 1.165) is 16.7 Å². The summed E-state index contributed by atoms with van der Waals surface area (Å²) in [5, 5.41) is 0. The molecule has 8 nitrogen and oxygen atoms in total. The van der Waals surface area contributed by atoms with E-state index >= 15 is 0 Å². The molecule has 3 aromatic carbocycles. The maximum absolute atomic E-state index is 12.2. The molecule has 0 saturated carbocycles. The highest BCUT2D eigenvalue weighted by Crippen LogP contribution is 2.31. The third-order valence-electron chi connectivity index (χ3n) is 6.45. The van der Waals surface area contributed by atoms with Crippen molar-refractivity contribution in [1.82, 2.24) is 0 Å². The van der Waals surface area contributed by atoms with Crippen molar-refractivity contribution in [1.29, 1.82) is 0 Å². The SMILES string of the molecule is CC(=O)OC[C@@H]1O[C@H](COCc2ccccc2)[C@@H](OCc2ccccc2)[C@H](OCc2ccccc2)[C@H]1OC(C)=O. The van der Waals surface area contributed by atoms with Crippen molar-refractivity contribution in [3.63, 3.8) is 0 Å². The van der Waals surface area contributed by atoms with Crippen molar-refractivity contribution in [2.24, 2.45) is 0 Å². The number of esters is 2. The molecule has 4 rings (SSSR count). The van der Waals surface area contributed by atoms with Gasteiger partial charge < -0.3 is 28.4 Å². The molecule has 8 heteroatoms. The van der Waals surface area contributed by atoms with Crippen LogP contribution in [-0.4, -0.2) is 55.7 Å². The van der Waals surface area contributed by atoms with Gasteiger partial charge in [0.05, 0.1) is 26.4 Å².